The molecule has 4 rings (SSSR count). The van der Waals surface area contributed by atoms with E-state index in [2.05, 4.69) is 11.0 Å². The Kier molecular flexibility index (Phi) is 4.55. The van der Waals surface area contributed by atoms with Crippen molar-refractivity contribution >= 4 is 11.6 Å². The molecule has 135 valence electrons. The monoisotopic (exact) mass is 350 g/mol. The fraction of sp³-hybridized carbons (Fsp3) is 0.381. The smallest absolute Gasteiger partial charge is 0.257 e. The zero-order valence-electron chi connectivity index (χ0n) is 15.1. The highest BCUT2D eigenvalue weighted by molar-refractivity contribution is 5.99. The van der Waals surface area contributed by atoms with Crippen LogP contribution in [0.25, 0.3) is 0 Å². The lowest BCUT2D eigenvalue weighted by Gasteiger charge is -2.34. The molecule has 0 saturated carbocycles. The van der Waals surface area contributed by atoms with Crippen molar-refractivity contribution in [3.8, 4) is 5.75 Å². The van der Waals surface area contributed by atoms with Crippen molar-refractivity contribution in [3.63, 3.8) is 0 Å². The first-order valence-corrected chi connectivity index (χ1v) is 9.12. The number of piperidine rings is 1. The second-order valence-corrected chi connectivity index (χ2v) is 7.07. The highest BCUT2D eigenvalue weighted by Crippen LogP contribution is 2.30. The number of rotatable bonds is 3. The lowest BCUT2D eigenvalue weighted by atomic mass is 10.0. The molecule has 1 atom stereocenters. The van der Waals surface area contributed by atoms with E-state index in [9.17, 15) is 4.79 Å². The van der Waals surface area contributed by atoms with Crippen LogP contribution in [0.2, 0.25) is 0 Å². The summed E-state index contributed by atoms with van der Waals surface area (Å²) in [6.45, 7) is 2.95. The summed E-state index contributed by atoms with van der Waals surface area (Å²) < 4.78 is 5.30. The van der Waals surface area contributed by atoms with Crippen LogP contribution in [-0.4, -0.2) is 37.0 Å². The minimum Gasteiger partial charge on any atom is -0.497 e. The van der Waals surface area contributed by atoms with Crippen LogP contribution in [0.5, 0.6) is 5.75 Å². The summed E-state index contributed by atoms with van der Waals surface area (Å²) >= 11 is 0. The number of methoxy groups -OCH3 is 1. The van der Waals surface area contributed by atoms with E-state index in [0.717, 1.165) is 42.9 Å². The van der Waals surface area contributed by atoms with Gasteiger partial charge >= 0.3 is 0 Å². The minimum absolute atomic E-state index is 0.0231. The van der Waals surface area contributed by atoms with Crippen molar-refractivity contribution in [2.45, 2.75) is 32.0 Å². The lowest BCUT2D eigenvalue weighted by molar-refractivity contribution is 0.0751. The predicted molar refractivity (Wildman–Crippen MR) is 101 cm³/mol. The third kappa shape index (κ3) is 3.15. The van der Waals surface area contributed by atoms with Crippen LogP contribution >= 0.6 is 0 Å². The van der Waals surface area contributed by atoms with Crippen LogP contribution in [0.3, 0.4) is 0 Å². The molecule has 0 spiro atoms. The molecule has 5 nitrogen and oxygen atoms in total. The molecule has 0 aliphatic carbocycles. The van der Waals surface area contributed by atoms with Gasteiger partial charge in [0.1, 0.15) is 5.75 Å². The van der Waals surface area contributed by atoms with E-state index < -0.39 is 0 Å². The number of carbonyl (C=O) groups excluding carboxylic acids is 1. The molecule has 1 amide bonds. The van der Waals surface area contributed by atoms with Gasteiger partial charge in [0.15, 0.2) is 0 Å². The molecular weight excluding hydrogens is 326 g/mol. The van der Waals surface area contributed by atoms with Crippen LogP contribution in [0, 0.1) is 6.07 Å². The predicted octanol–water partition coefficient (Wildman–Crippen LogP) is 2.58. The molecule has 1 radical (unpaired) electrons. The molecule has 2 N–H and O–H groups in total. The molecule has 26 heavy (non-hydrogen) atoms. The van der Waals surface area contributed by atoms with Crippen LogP contribution < -0.4 is 15.4 Å². The van der Waals surface area contributed by atoms with E-state index in [1.165, 1.54) is 5.56 Å². The van der Waals surface area contributed by atoms with Crippen molar-refractivity contribution in [1.82, 2.24) is 4.90 Å². The maximum Gasteiger partial charge on any atom is 0.257 e. The van der Waals surface area contributed by atoms with E-state index in [0.29, 0.717) is 18.7 Å². The topological polar surface area (TPSA) is 58.8 Å². The van der Waals surface area contributed by atoms with Crippen molar-refractivity contribution in [2.75, 3.05) is 25.1 Å². The Bertz CT molecular complexity index is 821. The standard InChI is InChI=1S/C21H24N3O2/c1-26-18-9-8-15-12-24(13-16(15)11-18)21(25)19-6-2-3-7-20(19)23-10-4-5-17(22)14-23/h2-3,7-9,11,17H,4-5,10,12-14,22H2,1H3/t17-/m0/s1. The second kappa shape index (κ2) is 7.00. The molecular formula is C21H24N3O2. The van der Waals surface area contributed by atoms with Crippen molar-refractivity contribution < 1.29 is 9.53 Å². The number of anilines is 1. The number of hydrogen-bond acceptors (Lipinski definition) is 4. The van der Waals surface area contributed by atoms with Gasteiger partial charge in [-0.3, -0.25) is 4.79 Å². The van der Waals surface area contributed by atoms with Gasteiger partial charge in [-0.15, -0.1) is 0 Å². The van der Waals surface area contributed by atoms with Gasteiger partial charge in [-0.1, -0.05) is 18.2 Å². The van der Waals surface area contributed by atoms with E-state index in [-0.39, 0.29) is 11.9 Å². The number of nitrogens with zero attached hydrogens (tertiary/aromatic N) is 2. The zero-order chi connectivity index (χ0) is 18.1. The highest BCUT2D eigenvalue weighted by atomic mass is 16.5. The number of carbonyl (C=O) groups is 1. The SMILES string of the molecule is COc1ccc2c(c1)CN(C(=O)c1[c]cccc1N1CCC[C@H](N)C1)C2. The van der Waals surface area contributed by atoms with E-state index in [1.807, 2.05) is 41.3 Å². The maximum absolute atomic E-state index is 13.2. The largest absolute Gasteiger partial charge is 0.497 e. The normalized spacial score (nSPS) is 19.4. The number of amides is 1. The fourth-order valence-corrected chi connectivity index (χ4v) is 3.89. The fourth-order valence-electron chi connectivity index (χ4n) is 3.89. The summed E-state index contributed by atoms with van der Waals surface area (Å²) in [4.78, 5) is 17.3. The van der Waals surface area contributed by atoms with Crippen LogP contribution in [0.4, 0.5) is 5.69 Å². The van der Waals surface area contributed by atoms with E-state index >= 15 is 0 Å². The van der Waals surface area contributed by atoms with Gasteiger partial charge < -0.3 is 20.3 Å². The van der Waals surface area contributed by atoms with E-state index in [1.54, 1.807) is 7.11 Å². The summed E-state index contributed by atoms with van der Waals surface area (Å²) in [5, 5.41) is 0. The maximum atomic E-state index is 13.2. The molecule has 2 aliphatic heterocycles. The Balaban J connectivity index is 1.58. The van der Waals surface area contributed by atoms with Crippen molar-refractivity contribution in [3.05, 3.63) is 59.2 Å². The molecule has 2 aromatic rings. The average molecular weight is 350 g/mol. The molecule has 1 saturated heterocycles. The number of fused-ring (bicyclic) bond motifs is 1. The Morgan fingerprint density at radius 2 is 2.12 bits per heavy atom. The van der Waals surface area contributed by atoms with Gasteiger partial charge in [-0.25, -0.2) is 0 Å². The third-order valence-corrected chi connectivity index (χ3v) is 5.27. The molecule has 0 unspecified atom stereocenters. The zero-order valence-corrected chi connectivity index (χ0v) is 15.1. The van der Waals surface area contributed by atoms with Crippen LogP contribution in [0.1, 0.15) is 34.3 Å². The lowest BCUT2D eigenvalue weighted by Crippen LogP contribution is -2.43. The van der Waals surface area contributed by atoms with Gasteiger partial charge in [0.2, 0.25) is 0 Å². The molecule has 0 bridgehead atoms. The summed E-state index contributed by atoms with van der Waals surface area (Å²) in [7, 11) is 1.66. The molecule has 2 heterocycles. The number of hydrogen-bond donors (Lipinski definition) is 1. The Morgan fingerprint density at radius 1 is 1.27 bits per heavy atom. The molecule has 2 aromatic carbocycles. The van der Waals surface area contributed by atoms with Gasteiger partial charge in [0.05, 0.1) is 18.4 Å². The van der Waals surface area contributed by atoms with Crippen molar-refractivity contribution in [2.24, 2.45) is 5.73 Å². The average Bonchev–Trinajstić information content (AvgIpc) is 3.10. The van der Waals surface area contributed by atoms with Crippen molar-refractivity contribution in [1.29, 1.82) is 0 Å². The first-order valence-electron chi connectivity index (χ1n) is 9.12. The molecule has 1 fully saturated rings. The molecule has 2 aliphatic rings. The third-order valence-electron chi connectivity index (χ3n) is 5.27. The minimum atomic E-state index is 0.0231. The van der Waals surface area contributed by atoms with Gasteiger partial charge in [0.25, 0.3) is 5.91 Å². The van der Waals surface area contributed by atoms with Gasteiger partial charge in [-0.05, 0) is 48.2 Å². The Morgan fingerprint density at radius 3 is 2.92 bits per heavy atom. The Labute approximate surface area is 154 Å². The van der Waals surface area contributed by atoms with Crippen LogP contribution in [0.15, 0.2) is 36.4 Å². The van der Waals surface area contributed by atoms with E-state index in [4.69, 9.17) is 10.5 Å². The van der Waals surface area contributed by atoms with Gasteiger partial charge in [0, 0.05) is 32.2 Å². The number of benzene rings is 2. The highest BCUT2D eigenvalue weighted by Gasteiger charge is 2.28. The summed E-state index contributed by atoms with van der Waals surface area (Å²) in [6, 6.07) is 15.1. The molecule has 0 aromatic heterocycles. The second-order valence-electron chi connectivity index (χ2n) is 7.07. The number of ether oxygens (including phenoxy) is 1. The summed E-state index contributed by atoms with van der Waals surface area (Å²) in [5.74, 6) is 0.849. The van der Waals surface area contributed by atoms with Crippen LogP contribution in [-0.2, 0) is 13.1 Å². The summed E-state index contributed by atoms with van der Waals surface area (Å²) in [5.41, 5.74) is 10.0. The first kappa shape index (κ1) is 16.9. The Hall–Kier alpha value is -2.53. The quantitative estimate of drug-likeness (QED) is 0.924. The first-order chi connectivity index (χ1) is 12.7. The van der Waals surface area contributed by atoms with Gasteiger partial charge in [-0.2, -0.15) is 0 Å². The molecule has 5 heteroatoms. The number of nitrogens with two attached hydrogens (primary N) is 1. The summed E-state index contributed by atoms with van der Waals surface area (Å²) in [6.07, 6.45) is 2.10.